The minimum atomic E-state index is 0.731. The first kappa shape index (κ1) is 12.6. The largest absolute Gasteiger partial charge is 0.314 e. The standard InChI is InChI=1S/C14H25N3/c1-3-7-15-14-6-5-12(9-14)13-10-16-17(11-13)8-4-2/h10-12,14-15H,3-9H2,1-2H3. The van der Waals surface area contributed by atoms with Crippen LogP contribution in [-0.2, 0) is 6.54 Å². The average molecular weight is 235 g/mol. The Kier molecular flexibility index (Phi) is 4.60. The summed E-state index contributed by atoms with van der Waals surface area (Å²) in [4.78, 5) is 0. The second kappa shape index (κ2) is 6.20. The molecule has 0 bridgehead atoms. The lowest BCUT2D eigenvalue weighted by Gasteiger charge is -2.11. The van der Waals surface area contributed by atoms with Crippen LogP contribution in [0.25, 0.3) is 0 Å². The molecule has 0 saturated heterocycles. The Morgan fingerprint density at radius 2 is 2.24 bits per heavy atom. The van der Waals surface area contributed by atoms with Crippen molar-refractivity contribution in [3.05, 3.63) is 18.0 Å². The topological polar surface area (TPSA) is 29.9 Å². The molecule has 1 N–H and O–H groups in total. The van der Waals surface area contributed by atoms with E-state index in [2.05, 4.69) is 41.3 Å². The molecule has 1 aliphatic carbocycles. The number of hydrogen-bond donors (Lipinski definition) is 1. The third-order valence-electron chi connectivity index (χ3n) is 3.69. The first-order chi connectivity index (χ1) is 8.33. The maximum atomic E-state index is 4.43. The molecule has 2 unspecified atom stereocenters. The van der Waals surface area contributed by atoms with Gasteiger partial charge in [0, 0.05) is 18.8 Å². The van der Waals surface area contributed by atoms with Crippen LogP contribution in [0, 0.1) is 0 Å². The molecular weight excluding hydrogens is 210 g/mol. The molecule has 1 aromatic heterocycles. The molecule has 2 atom stereocenters. The van der Waals surface area contributed by atoms with E-state index in [-0.39, 0.29) is 0 Å². The zero-order chi connectivity index (χ0) is 12.1. The minimum Gasteiger partial charge on any atom is -0.314 e. The van der Waals surface area contributed by atoms with Gasteiger partial charge >= 0.3 is 0 Å². The van der Waals surface area contributed by atoms with Gasteiger partial charge in [-0.2, -0.15) is 5.10 Å². The van der Waals surface area contributed by atoms with E-state index in [9.17, 15) is 0 Å². The molecule has 2 rings (SSSR count). The van der Waals surface area contributed by atoms with Crippen molar-refractivity contribution in [2.45, 2.75) is 64.5 Å². The first-order valence-corrected chi connectivity index (χ1v) is 7.09. The molecule has 96 valence electrons. The van der Waals surface area contributed by atoms with Crippen molar-refractivity contribution in [2.24, 2.45) is 0 Å². The van der Waals surface area contributed by atoms with E-state index in [0.29, 0.717) is 0 Å². The summed E-state index contributed by atoms with van der Waals surface area (Å²) >= 11 is 0. The molecular formula is C14H25N3. The molecule has 1 fully saturated rings. The zero-order valence-corrected chi connectivity index (χ0v) is 11.2. The van der Waals surface area contributed by atoms with E-state index < -0.39 is 0 Å². The van der Waals surface area contributed by atoms with Gasteiger partial charge in [-0.3, -0.25) is 4.68 Å². The SMILES string of the molecule is CCCNC1CCC(c2cnn(CCC)c2)C1. The summed E-state index contributed by atoms with van der Waals surface area (Å²) in [5, 5.41) is 8.07. The summed E-state index contributed by atoms with van der Waals surface area (Å²) < 4.78 is 2.09. The quantitative estimate of drug-likeness (QED) is 0.821. The highest BCUT2D eigenvalue weighted by Gasteiger charge is 2.26. The summed E-state index contributed by atoms with van der Waals surface area (Å²) in [5.74, 6) is 0.731. The summed E-state index contributed by atoms with van der Waals surface area (Å²) in [6, 6.07) is 0.731. The van der Waals surface area contributed by atoms with Gasteiger partial charge in [-0.25, -0.2) is 0 Å². The third kappa shape index (κ3) is 3.32. The highest BCUT2D eigenvalue weighted by atomic mass is 15.3. The predicted molar refractivity (Wildman–Crippen MR) is 71.2 cm³/mol. The molecule has 1 aliphatic rings. The monoisotopic (exact) mass is 235 g/mol. The van der Waals surface area contributed by atoms with E-state index in [1.807, 2.05) is 0 Å². The molecule has 0 aromatic carbocycles. The van der Waals surface area contributed by atoms with Gasteiger partial charge < -0.3 is 5.32 Å². The van der Waals surface area contributed by atoms with Crippen LogP contribution in [0.3, 0.4) is 0 Å². The zero-order valence-electron chi connectivity index (χ0n) is 11.2. The van der Waals surface area contributed by atoms with Gasteiger partial charge in [0.25, 0.3) is 0 Å². The van der Waals surface area contributed by atoms with E-state index in [4.69, 9.17) is 0 Å². The van der Waals surface area contributed by atoms with Gasteiger partial charge in [0.2, 0.25) is 0 Å². The van der Waals surface area contributed by atoms with Crippen molar-refractivity contribution in [2.75, 3.05) is 6.54 Å². The Balaban J connectivity index is 1.86. The molecule has 0 radical (unpaired) electrons. The second-order valence-corrected chi connectivity index (χ2v) is 5.20. The van der Waals surface area contributed by atoms with Crippen molar-refractivity contribution in [1.82, 2.24) is 15.1 Å². The van der Waals surface area contributed by atoms with Crippen LogP contribution >= 0.6 is 0 Å². The molecule has 1 aromatic rings. The van der Waals surface area contributed by atoms with Crippen LogP contribution in [-0.4, -0.2) is 22.4 Å². The predicted octanol–water partition coefficient (Wildman–Crippen LogP) is 2.93. The fraction of sp³-hybridized carbons (Fsp3) is 0.786. The summed E-state index contributed by atoms with van der Waals surface area (Å²) in [6.45, 7) is 6.63. The Morgan fingerprint density at radius 1 is 1.35 bits per heavy atom. The first-order valence-electron chi connectivity index (χ1n) is 7.09. The van der Waals surface area contributed by atoms with Gasteiger partial charge in [0.05, 0.1) is 6.20 Å². The molecule has 17 heavy (non-hydrogen) atoms. The van der Waals surface area contributed by atoms with Crippen molar-refractivity contribution in [3.63, 3.8) is 0 Å². The highest BCUT2D eigenvalue weighted by Crippen LogP contribution is 2.34. The maximum absolute atomic E-state index is 4.43. The molecule has 1 saturated carbocycles. The maximum Gasteiger partial charge on any atom is 0.0524 e. The lowest BCUT2D eigenvalue weighted by molar-refractivity contribution is 0.517. The highest BCUT2D eigenvalue weighted by molar-refractivity contribution is 5.14. The smallest absolute Gasteiger partial charge is 0.0524 e. The van der Waals surface area contributed by atoms with Crippen LogP contribution in [0.5, 0.6) is 0 Å². The summed E-state index contributed by atoms with van der Waals surface area (Å²) in [7, 11) is 0. The molecule has 0 spiro atoms. The number of hydrogen-bond acceptors (Lipinski definition) is 2. The number of nitrogens with one attached hydrogen (secondary N) is 1. The lowest BCUT2D eigenvalue weighted by atomic mass is 10.0. The fourth-order valence-electron chi connectivity index (χ4n) is 2.76. The third-order valence-corrected chi connectivity index (χ3v) is 3.69. The van der Waals surface area contributed by atoms with Crippen molar-refractivity contribution < 1.29 is 0 Å². The Hall–Kier alpha value is -0.830. The summed E-state index contributed by atoms with van der Waals surface area (Å²) in [5.41, 5.74) is 1.44. The molecule has 0 aliphatic heterocycles. The van der Waals surface area contributed by atoms with Crippen LogP contribution in [0.4, 0.5) is 0 Å². The van der Waals surface area contributed by atoms with Crippen LogP contribution in [0.15, 0.2) is 12.4 Å². The molecule has 1 heterocycles. The normalized spacial score (nSPS) is 24.4. The number of rotatable bonds is 6. The lowest BCUT2D eigenvalue weighted by Crippen LogP contribution is -2.26. The van der Waals surface area contributed by atoms with Crippen molar-refractivity contribution in [1.29, 1.82) is 0 Å². The Bertz CT molecular complexity index is 332. The van der Waals surface area contributed by atoms with E-state index in [0.717, 1.165) is 31.5 Å². The van der Waals surface area contributed by atoms with Crippen LogP contribution < -0.4 is 5.32 Å². The average Bonchev–Trinajstić information content (AvgIpc) is 2.95. The van der Waals surface area contributed by atoms with Gasteiger partial charge in [-0.1, -0.05) is 13.8 Å². The Morgan fingerprint density at radius 3 is 3.00 bits per heavy atom. The minimum absolute atomic E-state index is 0.731. The number of aromatic nitrogens is 2. The van der Waals surface area contributed by atoms with Crippen LogP contribution in [0.1, 0.15) is 57.4 Å². The number of nitrogens with zero attached hydrogens (tertiary/aromatic N) is 2. The van der Waals surface area contributed by atoms with Gasteiger partial charge in [-0.05, 0) is 50.1 Å². The van der Waals surface area contributed by atoms with Crippen LogP contribution in [0.2, 0.25) is 0 Å². The number of aryl methyl sites for hydroxylation is 1. The molecule has 3 heteroatoms. The molecule has 3 nitrogen and oxygen atoms in total. The fourth-order valence-corrected chi connectivity index (χ4v) is 2.76. The van der Waals surface area contributed by atoms with Gasteiger partial charge in [0.1, 0.15) is 0 Å². The van der Waals surface area contributed by atoms with Crippen molar-refractivity contribution in [3.8, 4) is 0 Å². The second-order valence-electron chi connectivity index (χ2n) is 5.20. The van der Waals surface area contributed by atoms with Crippen molar-refractivity contribution >= 4 is 0 Å². The van der Waals surface area contributed by atoms with E-state index >= 15 is 0 Å². The van der Waals surface area contributed by atoms with Gasteiger partial charge in [0.15, 0.2) is 0 Å². The summed E-state index contributed by atoms with van der Waals surface area (Å²) in [6.07, 6.45) is 10.6. The molecule has 0 amide bonds. The van der Waals surface area contributed by atoms with E-state index in [1.165, 1.54) is 31.2 Å². The Labute approximate surface area is 105 Å². The van der Waals surface area contributed by atoms with Gasteiger partial charge in [-0.15, -0.1) is 0 Å². The van der Waals surface area contributed by atoms with E-state index in [1.54, 1.807) is 0 Å².